The first-order valence-corrected chi connectivity index (χ1v) is 8.16. The van der Waals surface area contributed by atoms with Crippen LogP contribution in [0.2, 0.25) is 0 Å². The monoisotopic (exact) mass is 377 g/mol. The molecule has 0 saturated heterocycles. The van der Waals surface area contributed by atoms with Gasteiger partial charge in [-0.2, -0.15) is 11.8 Å². The summed E-state index contributed by atoms with van der Waals surface area (Å²) in [5.41, 5.74) is 0.685. The molecule has 0 aromatic heterocycles. The maximum Gasteiger partial charge on any atom is 0.252 e. The number of carbonyl (C=O) groups is 1. The highest BCUT2D eigenvalue weighted by molar-refractivity contribution is 9.11. The Bertz CT molecular complexity index is 446. The van der Waals surface area contributed by atoms with E-state index in [1.807, 2.05) is 30.0 Å². The summed E-state index contributed by atoms with van der Waals surface area (Å²) in [4.78, 5) is 12.0. The Hall–Kier alpha value is -0.000000000000000111. The molecule has 1 aliphatic rings. The Balaban J connectivity index is 2.00. The minimum absolute atomic E-state index is 0.00954. The molecule has 1 aromatic rings. The largest absolute Gasteiger partial charge is 0.351 e. The molecular weight excluding hydrogens is 366 g/mol. The number of hydrogen-bond donors (Lipinski definition) is 1. The smallest absolute Gasteiger partial charge is 0.252 e. The van der Waals surface area contributed by atoms with Crippen LogP contribution in [-0.2, 0) is 0 Å². The van der Waals surface area contributed by atoms with Crippen LogP contribution in [-0.4, -0.2) is 23.5 Å². The summed E-state index contributed by atoms with van der Waals surface area (Å²) in [6, 6.07) is 5.58. The Kier molecular flexibility index (Phi) is 4.21. The van der Waals surface area contributed by atoms with Gasteiger partial charge in [-0.3, -0.25) is 4.79 Å². The van der Waals surface area contributed by atoms with Crippen molar-refractivity contribution in [2.75, 3.05) is 12.8 Å². The van der Waals surface area contributed by atoms with Gasteiger partial charge in [0.1, 0.15) is 0 Å². The quantitative estimate of drug-likeness (QED) is 0.862. The molecule has 0 unspecified atom stereocenters. The average Bonchev–Trinajstić information content (AvgIpc) is 3.07. The fourth-order valence-corrected chi connectivity index (χ4v) is 3.56. The van der Waals surface area contributed by atoms with Crippen LogP contribution in [0.4, 0.5) is 0 Å². The summed E-state index contributed by atoms with van der Waals surface area (Å²) in [6.07, 6.45) is 4.51. The van der Waals surface area contributed by atoms with E-state index in [-0.39, 0.29) is 5.91 Å². The molecule has 1 fully saturated rings. The molecule has 1 aromatic carbocycles. The number of rotatable bonds is 4. The summed E-state index contributed by atoms with van der Waals surface area (Å²) in [5.74, 6) is -0.00954. The molecule has 0 bridgehead atoms. The lowest BCUT2D eigenvalue weighted by Crippen LogP contribution is -2.31. The molecule has 5 heteroatoms. The lowest BCUT2D eigenvalue weighted by atomic mass is 10.2. The highest BCUT2D eigenvalue weighted by Crippen LogP contribution is 2.46. The van der Waals surface area contributed by atoms with Gasteiger partial charge in [0.15, 0.2) is 0 Å². The molecule has 0 radical (unpaired) electrons. The van der Waals surface area contributed by atoms with Crippen LogP contribution in [0, 0.1) is 0 Å². The van der Waals surface area contributed by atoms with Crippen molar-refractivity contribution in [3.63, 3.8) is 0 Å². The van der Waals surface area contributed by atoms with Crippen molar-refractivity contribution in [3.05, 3.63) is 32.7 Å². The Morgan fingerprint density at radius 2 is 2.18 bits per heavy atom. The van der Waals surface area contributed by atoms with E-state index in [1.165, 1.54) is 12.8 Å². The van der Waals surface area contributed by atoms with Gasteiger partial charge in [-0.15, -0.1) is 0 Å². The third-order valence-corrected chi connectivity index (χ3v) is 5.56. The Morgan fingerprint density at radius 3 is 2.71 bits per heavy atom. The van der Waals surface area contributed by atoms with Gasteiger partial charge in [0, 0.05) is 20.2 Å². The third kappa shape index (κ3) is 3.26. The lowest BCUT2D eigenvalue weighted by molar-refractivity contribution is 0.0952. The summed E-state index contributed by atoms with van der Waals surface area (Å²) in [7, 11) is 0. The summed E-state index contributed by atoms with van der Waals surface area (Å²) < 4.78 is 2.08. The number of amides is 1. The Morgan fingerprint density at radius 1 is 1.47 bits per heavy atom. The van der Waals surface area contributed by atoms with Crippen molar-refractivity contribution in [3.8, 4) is 0 Å². The fraction of sp³-hybridized carbons (Fsp3) is 0.417. The minimum Gasteiger partial charge on any atom is -0.351 e. The standard InChI is InChI=1S/C12H13Br2NOS/c1-17-12(4-5-12)7-15-11(16)9-3-2-8(13)6-10(9)14/h2-3,6H,4-5,7H2,1H3,(H,15,16). The zero-order chi connectivity index (χ0) is 12.5. The summed E-state index contributed by atoms with van der Waals surface area (Å²) in [5, 5.41) is 3.01. The van der Waals surface area contributed by atoms with Crippen LogP contribution >= 0.6 is 43.6 Å². The van der Waals surface area contributed by atoms with Crippen molar-refractivity contribution in [1.29, 1.82) is 0 Å². The second kappa shape index (κ2) is 5.33. The molecule has 1 aliphatic carbocycles. The highest BCUT2D eigenvalue weighted by atomic mass is 79.9. The van der Waals surface area contributed by atoms with E-state index in [0.29, 0.717) is 10.3 Å². The van der Waals surface area contributed by atoms with E-state index < -0.39 is 0 Å². The maximum absolute atomic E-state index is 12.0. The highest BCUT2D eigenvalue weighted by Gasteiger charge is 2.41. The molecule has 2 rings (SSSR count). The van der Waals surface area contributed by atoms with Crippen molar-refractivity contribution in [1.82, 2.24) is 5.32 Å². The number of nitrogens with one attached hydrogen (secondary N) is 1. The topological polar surface area (TPSA) is 29.1 Å². The van der Waals surface area contributed by atoms with Gasteiger partial charge in [-0.05, 0) is 53.2 Å². The molecule has 1 saturated carbocycles. The number of benzene rings is 1. The van der Waals surface area contributed by atoms with Crippen LogP contribution in [0.1, 0.15) is 23.2 Å². The van der Waals surface area contributed by atoms with Gasteiger partial charge in [0.05, 0.1) is 5.56 Å². The average molecular weight is 379 g/mol. The minimum atomic E-state index is -0.00954. The van der Waals surface area contributed by atoms with E-state index in [1.54, 1.807) is 0 Å². The molecule has 1 amide bonds. The molecule has 0 atom stereocenters. The molecule has 92 valence electrons. The normalized spacial score (nSPS) is 16.6. The van der Waals surface area contributed by atoms with Crippen molar-refractivity contribution in [2.45, 2.75) is 17.6 Å². The molecule has 0 aliphatic heterocycles. The zero-order valence-electron chi connectivity index (χ0n) is 9.43. The molecule has 17 heavy (non-hydrogen) atoms. The van der Waals surface area contributed by atoms with Crippen LogP contribution < -0.4 is 5.32 Å². The first-order chi connectivity index (χ1) is 8.06. The predicted molar refractivity (Wildman–Crippen MR) is 79.7 cm³/mol. The first kappa shape index (κ1) is 13.4. The predicted octanol–water partition coefficient (Wildman–Crippen LogP) is 3.84. The van der Waals surface area contributed by atoms with Gasteiger partial charge in [-0.1, -0.05) is 15.9 Å². The number of thioether (sulfide) groups is 1. The number of hydrogen-bond acceptors (Lipinski definition) is 2. The van der Waals surface area contributed by atoms with Gasteiger partial charge in [-0.25, -0.2) is 0 Å². The van der Waals surface area contributed by atoms with Crippen LogP contribution in [0.5, 0.6) is 0 Å². The summed E-state index contributed by atoms with van der Waals surface area (Å²) >= 11 is 8.63. The van der Waals surface area contributed by atoms with Crippen LogP contribution in [0.25, 0.3) is 0 Å². The van der Waals surface area contributed by atoms with E-state index in [0.717, 1.165) is 15.5 Å². The van der Waals surface area contributed by atoms with E-state index in [9.17, 15) is 4.79 Å². The van der Waals surface area contributed by atoms with Crippen LogP contribution in [0.3, 0.4) is 0 Å². The fourth-order valence-electron chi connectivity index (χ4n) is 1.60. The molecule has 2 nitrogen and oxygen atoms in total. The number of halogens is 2. The van der Waals surface area contributed by atoms with E-state index in [4.69, 9.17) is 0 Å². The van der Waals surface area contributed by atoms with Crippen molar-refractivity contribution >= 4 is 49.5 Å². The molecular formula is C12H13Br2NOS. The maximum atomic E-state index is 12.0. The second-order valence-electron chi connectivity index (χ2n) is 4.19. The van der Waals surface area contributed by atoms with Gasteiger partial charge >= 0.3 is 0 Å². The van der Waals surface area contributed by atoms with Crippen LogP contribution in [0.15, 0.2) is 27.1 Å². The molecule has 0 spiro atoms. The van der Waals surface area contributed by atoms with Gasteiger partial charge in [0.25, 0.3) is 5.91 Å². The van der Waals surface area contributed by atoms with Crippen molar-refractivity contribution < 1.29 is 4.79 Å². The van der Waals surface area contributed by atoms with E-state index >= 15 is 0 Å². The van der Waals surface area contributed by atoms with E-state index in [2.05, 4.69) is 43.4 Å². The van der Waals surface area contributed by atoms with Gasteiger partial charge in [0.2, 0.25) is 0 Å². The van der Waals surface area contributed by atoms with Gasteiger partial charge < -0.3 is 5.32 Å². The second-order valence-corrected chi connectivity index (χ2v) is 7.24. The Labute approximate surface area is 122 Å². The number of carbonyl (C=O) groups excluding carboxylic acids is 1. The molecule has 1 N–H and O–H groups in total. The first-order valence-electron chi connectivity index (χ1n) is 5.35. The lowest BCUT2D eigenvalue weighted by Gasteiger charge is -2.13. The SMILES string of the molecule is CSC1(CNC(=O)c2ccc(Br)cc2Br)CC1. The molecule has 0 heterocycles. The zero-order valence-corrected chi connectivity index (χ0v) is 13.4. The third-order valence-electron chi connectivity index (χ3n) is 2.99. The summed E-state index contributed by atoms with van der Waals surface area (Å²) in [6.45, 7) is 0.759. The van der Waals surface area contributed by atoms with Crippen molar-refractivity contribution in [2.24, 2.45) is 0 Å².